The second-order valence-corrected chi connectivity index (χ2v) is 9.04. The molecule has 0 aromatic heterocycles. The van der Waals surface area contributed by atoms with Crippen molar-refractivity contribution in [2.24, 2.45) is 5.92 Å². The van der Waals surface area contributed by atoms with Gasteiger partial charge in [0.1, 0.15) is 5.75 Å². The Morgan fingerprint density at radius 2 is 1.97 bits per heavy atom. The van der Waals surface area contributed by atoms with E-state index in [1.165, 1.54) is 11.1 Å². The van der Waals surface area contributed by atoms with Gasteiger partial charge in [-0.1, -0.05) is 49.7 Å². The maximum Gasteiger partial charge on any atom is 0.261 e. The van der Waals surface area contributed by atoms with Crippen LogP contribution in [0.1, 0.15) is 67.8 Å². The first-order valence-corrected chi connectivity index (χ1v) is 12.0. The number of carbonyl (C=O) groups excluding carboxylic acids is 2. The lowest BCUT2D eigenvalue weighted by molar-refractivity contribution is -0.134. The first-order chi connectivity index (χ1) is 15.5. The molecule has 170 valence electrons. The van der Waals surface area contributed by atoms with Crippen molar-refractivity contribution >= 4 is 11.8 Å². The van der Waals surface area contributed by atoms with Crippen molar-refractivity contribution in [2.75, 3.05) is 13.1 Å². The quantitative estimate of drug-likeness (QED) is 0.662. The molecule has 4 rings (SSSR count). The van der Waals surface area contributed by atoms with Crippen LogP contribution in [-0.4, -0.2) is 35.9 Å². The number of hydrogen-bond donors (Lipinski definition) is 1. The molecule has 2 aromatic carbocycles. The van der Waals surface area contributed by atoms with Gasteiger partial charge >= 0.3 is 0 Å². The Morgan fingerprint density at radius 3 is 2.66 bits per heavy atom. The second-order valence-electron chi connectivity index (χ2n) is 9.04. The third-order valence-electron chi connectivity index (χ3n) is 6.40. The minimum absolute atomic E-state index is 0.0761. The van der Waals surface area contributed by atoms with Gasteiger partial charge in [-0.05, 0) is 67.9 Å². The van der Waals surface area contributed by atoms with E-state index in [0.29, 0.717) is 18.7 Å². The number of amides is 2. The van der Waals surface area contributed by atoms with Gasteiger partial charge in [-0.15, -0.1) is 0 Å². The van der Waals surface area contributed by atoms with Gasteiger partial charge in [0.15, 0.2) is 6.10 Å². The number of ether oxygens (including phenoxy) is 1. The molecule has 2 aliphatic rings. The molecule has 32 heavy (non-hydrogen) atoms. The maximum atomic E-state index is 13.2. The summed E-state index contributed by atoms with van der Waals surface area (Å²) >= 11 is 0. The van der Waals surface area contributed by atoms with E-state index < -0.39 is 6.10 Å². The summed E-state index contributed by atoms with van der Waals surface area (Å²) < 4.78 is 6.14. The lowest BCUT2D eigenvalue weighted by Gasteiger charge is -2.38. The number of aryl methyl sites for hydroxylation is 1. The molecular formula is C27H34N2O3. The second kappa shape index (κ2) is 9.76. The molecule has 0 bridgehead atoms. The fourth-order valence-corrected chi connectivity index (χ4v) is 4.52. The SMILES string of the molecule is CCCNC(=O)C(CC)Oc1ccc2c(c1)C(c1cccc(C)c1)N(C(=O)C1CC1)CC2. The zero-order chi connectivity index (χ0) is 22.7. The molecule has 1 aliphatic carbocycles. The van der Waals surface area contributed by atoms with Crippen molar-refractivity contribution < 1.29 is 14.3 Å². The molecule has 0 spiro atoms. The molecule has 1 saturated carbocycles. The number of nitrogens with zero attached hydrogens (tertiary/aromatic N) is 1. The van der Waals surface area contributed by atoms with Crippen LogP contribution in [0.4, 0.5) is 0 Å². The summed E-state index contributed by atoms with van der Waals surface area (Å²) in [6.45, 7) is 7.46. The summed E-state index contributed by atoms with van der Waals surface area (Å²) in [7, 11) is 0. The smallest absolute Gasteiger partial charge is 0.261 e. The van der Waals surface area contributed by atoms with Crippen molar-refractivity contribution in [3.05, 3.63) is 64.7 Å². The fourth-order valence-electron chi connectivity index (χ4n) is 4.52. The molecule has 0 radical (unpaired) electrons. The summed E-state index contributed by atoms with van der Waals surface area (Å²) in [4.78, 5) is 27.7. The van der Waals surface area contributed by atoms with E-state index in [2.05, 4.69) is 47.5 Å². The lowest BCUT2D eigenvalue weighted by Crippen LogP contribution is -2.41. The number of rotatable bonds is 8. The van der Waals surface area contributed by atoms with Gasteiger partial charge in [0.25, 0.3) is 5.91 Å². The summed E-state index contributed by atoms with van der Waals surface area (Å²) in [5.41, 5.74) is 4.66. The van der Waals surface area contributed by atoms with E-state index in [-0.39, 0.29) is 23.8 Å². The van der Waals surface area contributed by atoms with Gasteiger partial charge in [0.05, 0.1) is 6.04 Å². The van der Waals surface area contributed by atoms with E-state index in [1.807, 2.05) is 26.0 Å². The molecule has 1 N–H and O–H groups in total. The van der Waals surface area contributed by atoms with Crippen molar-refractivity contribution in [1.29, 1.82) is 0 Å². The number of fused-ring (bicyclic) bond motifs is 1. The van der Waals surface area contributed by atoms with Crippen LogP contribution in [0.5, 0.6) is 5.75 Å². The Balaban J connectivity index is 1.67. The van der Waals surface area contributed by atoms with Gasteiger partial charge < -0.3 is 15.0 Å². The standard InChI is InChI=1S/C27H34N2O3/c1-4-14-28-26(30)24(5-2)32-22-12-11-19-13-15-29(27(31)20-9-10-20)25(23(19)17-22)21-8-6-7-18(3)16-21/h6-8,11-12,16-17,20,24-25H,4-5,9-10,13-15H2,1-3H3,(H,28,30). The Bertz CT molecular complexity index is 983. The van der Waals surface area contributed by atoms with Gasteiger partial charge in [0.2, 0.25) is 5.91 Å². The largest absolute Gasteiger partial charge is 0.481 e. The van der Waals surface area contributed by atoms with Crippen molar-refractivity contribution in [2.45, 2.75) is 65.0 Å². The molecule has 2 aromatic rings. The third kappa shape index (κ3) is 4.82. The highest BCUT2D eigenvalue weighted by Gasteiger charge is 2.39. The van der Waals surface area contributed by atoms with Crippen molar-refractivity contribution in [1.82, 2.24) is 10.2 Å². The van der Waals surface area contributed by atoms with E-state index >= 15 is 0 Å². The lowest BCUT2D eigenvalue weighted by atomic mass is 9.87. The molecule has 1 heterocycles. The molecule has 5 nitrogen and oxygen atoms in total. The molecule has 2 unspecified atom stereocenters. The van der Waals surface area contributed by atoms with Crippen LogP contribution in [0.2, 0.25) is 0 Å². The number of hydrogen-bond acceptors (Lipinski definition) is 3. The Kier molecular flexibility index (Phi) is 6.83. The average Bonchev–Trinajstić information content (AvgIpc) is 3.65. The maximum absolute atomic E-state index is 13.2. The van der Waals surface area contributed by atoms with Gasteiger partial charge in [-0.3, -0.25) is 9.59 Å². The molecule has 5 heteroatoms. The molecule has 1 fully saturated rings. The predicted octanol–water partition coefficient (Wildman–Crippen LogP) is 4.56. The minimum Gasteiger partial charge on any atom is -0.481 e. The van der Waals surface area contributed by atoms with Crippen LogP contribution in [-0.2, 0) is 16.0 Å². The van der Waals surface area contributed by atoms with Crippen molar-refractivity contribution in [3.63, 3.8) is 0 Å². The highest BCUT2D eigenvalue weighted by Crippen LogP contribution is 2.41. The van der Waals surface area contributed by atoms with Crippen LogP contribution >= 0.6 is 0 Å². The predicted molar refractivity (Wildman–Crippen MR) is 126 cm³/mol. The molecule has 2 atom stereocenters. The molecule has 0 saturated heterocycles. The van der Waals surface area contributed by atoms with E-state index in [0.717, 1.165) is 43.4 Å². The summed E-state index contributed by atoms with van der Waals surface area (Å²) in [5.74, 6) is 1.04. The Morgan fingerprint density at radius 1 is 1.16 bits per heavy atom. The van der Waals surface area contributed by atoms with Crippen LogP contribution in [0.25, 0.3) is 0 Å². The fraction of sp³-hybridized carbons (Fsp3) is 0.481. The normalized spacial score (nSPS) is 18.6. The zero-order valence-electron chi connectivity index (χ0n) is 19.4. The van der Waals surface area contributed by atoms with Gasteiger partial charge in [-0.25, -0.2) is 0 Å². The molecular weight excluding hydrogens is 400 g/mol. The van der Waals surface area contributed by atoms with Crippen LogP contribution in [0, 0.1) is 12.8 Å². The summed E-state index contributed by atoms with van der Waals surface area (Å²) in [5, 5.41) is 2.93. The Labute approximate surface area is 191 Å². The highest BCUT2D eigenvalue weighted by atomic mass is 16.5. The monoisotopic (exact) mass is 434 g/mol. The zero-order valence-corrected chi connectivity index (χ0v) is 19.4. The molecule has 2 amide bonds. The van der Waals surface area contributed by atoms with Gasteiger partial charge in [0, 0.05) is 19.0 Å². The number of carbonyl (C=O) groups is 2. The Hall–Kier alpha value is -2.82. The highest BCUT2D eigenvalue weighted by molar-refractivity contribution is 5.82. The van der Waals surface area contributed by atoms with E-state index in [4.69, 9.17) is 4.74 Å². The summed E-state index contributed by atoms with van der Waals surface area (Å²) in [6, 6.07) is 14.4. The van der Waals surface area contributed by atoms with Crippen LogP contribution in [0.3, 0.4) is 0 Å². The third-order valence-corrected chi connectivity index (χ3v) is 6.40. The average molecular weight is 435 g/mol. The molecule has 1 aliphatic heterocycles. The van der Waals surface area contributed by atoms with Crippen LogP contribution < -0.4 is 10.1 Å². The van der Waals surface area contributed by atoms with Gasteiger partial charge in [-0.2, -0.15) is 0 Å². The van der Waals surface area contributed by atoms with Crippen molar-refractivity contribution in [3.8, 4) is 5.75 Å². The first-order valence-electron chi connectivity index (χ1n) is 12.0. The summed E-state index contributed by atoms with van der Waals surface area (Å²) in [6.07, 6.45) is 3.80. The number of benzene rings is 2. The minimum atomic E-state index is -0.523. The van der Waals surface area contributed by atoms with E-state index in [1.54, 1.807) is 0 Å². The van der Waals surface area contributed by atoms with E-state index in [9.17, 15) is 9.59 Å². The first kappa shape index (κ1) is 22.4. The number of nitrogens with one attached hydrogen (secondary N) is 1. The topological polar surface area (TPSA) is 58.6 Å². The van der Waals surface area contributed by atoms with Crippen LogP contribution in [0.15, 0.2) is 42.5 Å².